The van der Waals surface area contributed by atoms with Gasteiger partial charge < -0.3 is 0 Å². The molecule has 22 heavy (non-hydrogen) atoms. The van der Waals surface area contributed by atoms with Gasteiger partial charge in [-0.3, -0.25) is 4.79 Å². The topological polar surface area (TPSA) is 17.1 Å². The quantitative estimate of drug-likeness (QED) is 0.136. The lowest BCUT2D eigenvalue weighted by Gasteiger charge is -2.01. The SMILES string of the molecule is CCCCCCCCCCCCCC=CC=CC=CC(=O)Cl. The largest absolute Gasteiger partial charge is 0.276 e. The number of allylic oxidation sites excluding steroid dienone is 6. The molecule has 0 saturated carbocycles. The molecule has 0 radical (unpaired) electrons. The number of hydrogen-bond donors (Lipinski definition) is 0. The number of unbranched alkanes of at least 4 members (excludes halogenated alkanes) is 11. The van der Waals surface area contributed by atoms with E-state index >= 15 is 0 Å². The van der Waals surface area contributed by atoms with Crippen LogP contribution in [-0.2, 0) is 4.79 Å². The molecule has 0 spiro atoms. The Labute approximate surface area is 142 Å². The molecule has 0 aromatic carbocycles. The Kier molecular flexibility index (Phi) is 17.6. The first kappa shape index (κ1) is 21.2. The van der Waals surface area contributed by atoms with Crippen molar-refractivity contribution in [2.45, 2.75) is 84.0 Å². The Morgan fingerprint density at radius 2 is 1.23 bits per heavy atom. The number of hydrogen-bond acceptors (Lipinski definition) is 1. The highest BCUT2D eigenvalue weighted by Gasteiger charge is 1.92. The van der Waals surface area contributed by atoms with Gasteiger partial charge in [-0.1, -0.05) is 102 Å². The van der Waals surface area contributed by atoms with Crippen molar-refractivity contribution in [1.82, 2.24) is 0 Å². The molecule has 0 bridgehead atoms. The zero-order valence-corrected chi connectivity index (χ0v) is 15.0. The molecule has 0 aliphatic heterocycles. The third kappa shape index (κ3) is 19.2. The van der Waals surface area contributed by atoms with Gasteiger partial charge in [-0.05, 0) is 30.5 Å². The lowest BCUT2D eigenvalue weighted by molar-refractivity contribution is -0.107. The molecule has 0 aromatic rings. The Bertz CT molecular complexity index is 329. The van der Waals surface area contributed by atoms with Crippen molar-refractivity contribution < 1.29 is 4.79 Å². The Hall–Kier alpha value is -0.820. The van der Waals surface area contributed by atoms with Gasteiger partial charge in [-0.25, -0.2) is 0 Å². The monoisotopic (exact) mass is 324 g/mol. The minimum absolute atomic E-state index is 0.436. The normalized spacial score (nSPS) is 12.1. The maximum absolute atomic E-state index is 10.4. The van der Waals surface area contributed by atoms with Crippen molar-refractivity contribution in [3.63, 3.8) is 0 Å². The molecule has 0 atom stereocenters. The van der Waals surface area contributed by atoms with Crippen molar-refractivity contribution in [1.29, 1.82) is 0 Å². The minimum Gasteiger partial charge on any atom is -0.276 e. The van der Waals surface area contributed by atoms with Crippen molar-refractivity contribution in [2.75, 3.05) is 0 Å². The minimum atomic E-state index is -0.436. The third-order valence-electron chi connectivity index (χ3n) is 3.67. The molecule has 0 aliphatic rings. The molecule has 0 aliphatic carbocycles. The molecule has 126 valence electrons. The summed E-state index contributed by atoms with van der Waals surface area (Å²) < 4.78 is 0. The summed E-state index contributed by atoms with van der Waals surface area (Å²) in [5.41, 5.74) is 0. The van der Waals surface area contributed by atoms with Gasteiger partial charge in [-0.2, -0.15) is 0 Å². The van der Waals surface area contributed by atoms with Gasteiger partial charge in [0.05, 0.1) is 0 Å². The maximum Gasteiger partial charge on any atom is 0.245 e. The smallest absolute Gasteiger partial charge is 0.245 e. The zero-order chi connectivity index (χ0) is 16.3. The Balaban J connectivity index is 3.21. The van der Waals surface area contributed by atoms with Crippen molar-refractivity contribution in [3.05, 3.63) is 36.5 Å². The van der Waals surface area contributed by atoms with E-state index in [-0.39, 0.29) is 0 Å². The molecular formula is C20H33ClO. The van der Waals surface area contributed by atoms with Crippen molar-refractivity contribution in [3.8, 4) is 0 Å². The van der Waals surface area contributed by atoms with Gasteiger partial charge in [0.15, 0.2) is 0 Å². The fraction of sp³-hybridized carbons (Fsp3) is 0.650. The van der Waals surface area contributed by atoms with E-state index in [1.807, 2.05) is 18.2 Å². The first-order chi connectivity index (χ1) is 10.8. The van der Waals surface area contributed by atoms with E-state index in [1.165, 1.54) is 76.7 Å². The summed E-state index contributed by atoms with van der Waals surface area (Å²) in [6, 6.07) is 0. The van der Waals surface area contributed by atoms with Gasteiger partial charge in [0.25, 0.3) is 0 Å². The molecule has 0 rings (SSSR count). The average Bonchev–Trinajstić information content (AvgIpc) is 2.50. The van der Waals surface area contributed by atoms with Gasteiger partial charge in [-0.15, -0.1) is 0 Å². The highest BCUT2D eigenvalue weighted by molar-refractivity contribution is 6.66. The van der Waals surface area contributed by atoms with Crippen LogP contribution in [0.4, 0.5) is 0 Å². The molecular weight excluding hydrogens is 292 g/mol. The van der Waals surface area contributed by atoms with Crippen LogP contribution in [0.25, 0.3) is 0 Å². The van der Waals surface area contributed by atoms with Crippen molar-refractivity contribution in [2.24, 2.45) is 0 Å². The van der Waals surface area contributed by atoms with Gasteiger partial charge in [0.2, 0.25) is 5.24 Å². The zero-order valence-electron chi connectivity index (χ0n) is 14.2. The summed E-state index contributed by atoms with van der Waals surface area (Å²) in [6.07, 6.45) is 27.3. The van der Waals surface area contributed by atoms with E-state index in [0.717, 1.165) is 6.42 Å². The predicted octanol–water partition coefficient (Wildman–Crippen LogP) is 7.12. The summed E-state index contributed by atoms with van der Waals surface area (Å²) in [5.74, 6) is 0. The Morgan fingerprint density at radius 3 is 1.77 bits per heavy atom. The van der Waals surface area contributed by atoms with E-state index < -0.39 is 5.24 Å². The van der Waals surface area contributed by atoms with Crippen LogP contribution < -0.4 is 0 Å². The fourth-order valence-corrected chi connectivity index (χ4v) is 2.43. The van der Waals surface area contributed by atoms with Crippen LogP contribution >= 0.6 is 11.6 Å². The number of carbonyl (C=O) groups is 1. The summed E-state index contributed by atoms with van der Waals surface area (Å²) in [7, 11) is 0. The van der Waals surface area contributed by atoms with E-state index in [1.54, 1.807) is 6.08 Å². The van der Waals surface area contributed by atoms with Gasteiger partial charge >= 0.3 is 0 Å². The molecule has 0 N–H and O–H groups in total. The molecule has 0 unspecified atom stereocenters. The average molecular weight is 325 g/mol. The standard InChI is InChI=1S/C20H33ClO/c1-2-3-4-5-6-7-8-9-10-11-12-13-14-15-16-17-18-19-20(21)22/h14-19H,2-13H2,1H3. The number of halogens is 1. The molecule has 0 aromatic heterocycles. The van der Waals surface area contributed by atoms with Gasteiger partial charge in [0.1, 0.15) is 0 Å². The van der Waals surface area contributed by atoms with E-state index in [4.69, 9.17) is 11.6 Å². The molecule has 2 heteroatoms. The highest BCUT2D eigenvalue weighted by Crippen LogP contribution is 2.11. The van der Waals surface area contributed by atoms with Crippen molar-refractivity contribution >= 4 is 16.8 Å². The fourth-order valence-electron chi connectivity index (χ4n) is 2.36. The summed E-state index contributed by atoms with van der Waals surface area (Å²) in [5, 5.41) is -0.436. The first-order valence-corrected chi connectivity index (χ1v) is 9.34. The molecule has 1 nitrogen and oxygen atoms in total. The molecule has 0 saturated heterocycles. The molecule has 0 amide bonds. The summed E-state index contributed by atoms with van der Waals surface area (Å²) in [4.78, 5) is 10.4. The lowest BCUT2D eigenvalue weighted by Crippen LogP contribution is -1.81. The van der Waals surface area contributed by atoms with Crippen LogP contribution in [0.3, 0.4) is 0 Å². The number of rotatable bonds is 15. The lowest BCUT2D eigenvalue weighted by atomic mass is 10.1. The van der Waals surface area contributed by atoms with E-state index in [0.29, 0.717) is 0 Å². The van der Waals surface area contributed by atoms with Crippen LogP contribution in [0.5, 0.6) is 0 Å². The van der Waals surface area contributed by atoms with Crippen LogP contribution in [0, 0.1) is 0 Å². The second-order valence-corrected chi connectivity index (χ2v) is 6.17. The van der Waals surface area contributed by atoms with Gasteiger partial charge in [0, 0.05) is 0 Å². The second kappa shape index (κ2) is 18.2. The highest BCUT2D eigenvalue weighted by atomic mass is 35.5. The van der Waals surface area contributed by atoms with Crippen LogP contribution in [0.1, 0.15) is 84.0 Å². The summed E-state index contributed by atoms with van der Waals surface area (Å²) >= 11 is 5.17. The van der Waals surface area contributed by atoms with E-state index in [9.17, 15) is 4.79 Å². The molecule has 0 heterocycles. The van der Waals surface area contributed by atoms with Crippen LogP contribution in [0.2, 0.25) is 0 Å². The number of carbonyl (C=O) groups excluding carboxylic acids is 1. The Morgan fingerprint density at radius 1 is 0.727 bits per heavy atom. The third-order valence-corrected chi connectivity index (χ3v) is 3.80. The van der Waals surface area contributed by atoms with Crippen LogP contribution in [-0.4, -0.2) is 5.24 Å². The summed E-state index contributed by atoms with van der Waals surface area (Å²) in [6.45, 7) is 2.27. The van der Waals surface area contributed by atoms with E-state index in [2.05, 4.69) is 13.0 Å². The predicted molar refractivity (Wildman–Crippen MR) is 99.4 cm³/mol. The maximum atomic E-state index is 10.4. The molecule has 0 fully saturated rings. The van der Waals surface area contributed by atoms with Crippen LogP contribution in [0.15, 0.2) is 36.5 Å². The first-order valence-electron chi connectivity index (χ1n) is 8.96. The second-order valence-electron chi connectivity index (χ2n) is 5.80.